The summed E-state index contributed by atoms with van der Waals surface area (Å²) < 4.78 is 29.5. The van der Waals surface area contributed by atoms with E-state index in [9.17, 15) is 18.5 Å². The quantitative estimate of drug-likeness (QED) is 0.598. The topological polar surface area (TPSA) is 86.5 Å². The maximum Gasteiger partial charge on any atom is 0.269 e. The summed E-state index contributed by atoms with van der Waals surface area (Å²) in [6.07, 6.45) is 0.292. The van der Waals surface area contributed by atoms with Crippen LogP contribution in [0.1, 0.15) is 18.1 Å². The van der Waals surface area contributed by atoms with Gasteiger partial charge in [-0.1, -0.05) is 19.1 Å². The molecule has 0 unspecified atom stereocenters. The molecule has 2 aromatic rings. The number of ether oxygens (including phenoxy) is 1. The van der Waals surface area contributed by atoms with Gasteiger partial charge in [0, 0.05) is 12.1 Å². The van der Waals surface area contributed by atoms with Crippen molar-refractivity contribution >= 4 is 15.5 Å². The van der Waals surface area contributed by atoms with Crippen molar-refractivity contribution in [2.24, 2.45) is 0 Å². The molecule has 0 fully saturated rings. The van der Waals surface area contributed by atoms with Gasteiger partial charge in [0.15, 0.2) is 9.84 Å². The van der Waals surface area contributed by atoms with Gasteiger partial charge in [-0.05, 0) is 35.7 Å². The van der Waals surface area contributed by atoms with Crippen LogP contribution in [0.15, 0.2) is 47.4 Å². The zero-order chi connectivity index (χ0) is 17.0. The number of hydrogen-bond acceptors (Lipinski definition) is 5. The van der Waals surface area contributed by atoms with E-state index in [1.54, 1.807) is 38.3 Å². The summed E-state index contributed by atoms with van der Waals surface area (Å²) in [5.41, 5.74) is 1.15. The van der Waals surface area contributed by atoms with E-state index in [4.69, 9.17) is 4.74 Å². The molecule has 2 rings (SSSR count). The summed E-state index contributed by atoms with van der Waals surface area (Å²) in [6, 6.07) is 11.0. The molecule has 0 aliphatic heterocycles. The van der Waals surface area contributed by atoms with E-state index >= 15 is 0 Å². The van der Waals surface area contributed by atoms with E-state index < -0.39 is 14.8 Å². The molecule has 0 aliphatic carbocycles. The number of nitro benzene ring substituents is 1. The molecular weight excluding hydrogens is 318 g/mol. The Morgan fingerprint density at radius 3 is 2.30 bits per heavy atom. The molecule has 0 amide bonds. The Morgan fingerprint density at radius 2 is 1.78 bits per heavy atom. The van der Waals surface area contributed by atoms with E-state index in [1.165, 1.54) is 18.2 Å². The first kappa shape index (κ1) is 17.0. The Labute approximate surface area is 134 Å². The summed E-state index contributed by atoms with van der Waals surface area (Å²) in [5.74, 6) is 0.634. The molecule has 0 saturated heterocycles. The van der Waals surface area contributed by atoms with Crippen molar-refractivity contribution in [2.45, 2.75) is 18.2 Å². The largest absolute Gasteiger partial charge is 0.497 e. The van der Waals surface area contributed by atoms with Crippen LogP contribution in [0.25, 0.3) is 0 Å². The highest BCUT2D eigenvalue weighted by atomic mass is 32.2. The van der Waals surface area contributed by atoms with Crippen LogP contribution in [0, 0.1) is 10.1 Å². The van der Waals surface area contributed by atoms with Gasteiger partial charge >= 0.3 is 0 Å². The highest BCUT2D eigenvalue weighted by Gasteiger charge is 2.20. The molecule has 0 atom stereocenters. The Morgan fingerprint density at radius 1 is 1.13 bits per heavy atom. The number of methoxy groups -OCH3 is 1. The van der Waals surface area contributed by atoms with Crippen molar-refractivity contribution in [3.8, 4) is 5.75 Å². The molecule has 23 heavy (non-hydrogen) atoms. The fourth-order valence-electron chi connectivity index (χ4n) is 2.24. The Bertz CT molecular complexity index is 813. The summed E-state index contributed by atoms with van der Waals surface area (Å²) in [5, 5.41) is 11.0. The third kappa shape index (κ3) is 3.87. The van der Waals surface area contributed by atoms with Crippen LogP contribution in [0.5, 0.6) is 5.75 Å². The van der Waals surface area contributed by atoms with Gasteiger partial charge in [0.05, 0.1) is 22.7 Å². The fourth-order valence-corrected chi connectivity index (χ4v) is 3.36. The van der Waals surface area contributed by atoms with Gasteiger partial charge in [-0.15, -0.1) is 0 Å². The second-order valence-corrected chi connectivity index (χ2v) is 7.22. The first-order chi connectivity index (χ1) is 10.9. The standard InChI is InChI=1S/C16H17NO5S/c1-3-23(20,21)16-9-6-14(17(18)19)11-13(16)10-12-4-7-15(22-2)8-5-12/h4-9,11H,3,10H2,1-2H3. The van der Waals surface area contributed by atoms with Crippen molar-refractivity contribution in [3.05, 3.63) is 63.7 Å². The third-order valence-corrected chi connectivity index (χ3v) is 5.35. The summed E-state index contributed by atoms with van der Waals surface area (Å²) >= 11 is 0. The number of hydrogen-bond donors (Lipinski definition) is 0. The van der Waals surface area contributed by atoms with Crippen molar-refractivity contribution < 1.29 is 18.1 Å². The predicted molar refractivity (Wildman–Crippen MR) is 86.6 cm³/mol. The lowest BCUT2D eigenvalue weighted by Gasteiger charge is -2.10. The molecule has 0 N–H and O–H groups in total. The van der Waals surface area contributed by atoms with Crippen LogP contribution >= 0.6 is 0 Å². The number of nitro groups is 1. The number of benzene rings is 2. The molecule has 0 aromatic heterocycles. The van der Waals surface area contributed by atoms with Gasteiger partial charge in [-0.2, -0.15) is 0 Å². The normalized spacial score (nSPS) is 11.2. The fraction of sp³-hybridized carbons (Fsp3) is 0.250. The monoisotopic (exact) mass is 335 g/mol. The minimum Gasteiger partial charge on any atom is -0.497 e. The summed E-state index contributed by atoms with van der Waals surface area (Å²) in [4.78, 5) is 10.6. The number of sulfone groups is 1. The summed E-state index contributed by atoms with van der Waals surface area (Å²) in [6.45, 7) is 1.55. The molecule has 6 nitrogen and oxygen atoms in total. The van der Waals surface area contributed by atoms with Crippen molar-refractivity contribution in [1.29, 1.82) is 0 Å². The number of nitrogens with zero attached hydrogens (tertiary/aromatic N) is 1. The van der Waals surface area contributed by atoms with Gasteiger partial charge in [-0.25, -0.2) is 8.42 Å². The maximum atomic E-state index is 12.2. The molecule has 0 aliphatic rings. The molecular formula is C16H17NO5S. The second-order valence-electron chi connectivity index (χ2n) is 4.98. The Balaban J connectivity index is 2.48. The lowest BCUT2D eigenvalue weighted by atomic mass is 10.0. The molecule has 0 heterocycles. The van der Waals surface area contributed by atoms with Crippen LogP contribution in [0.2, 0.25) is 0 Å². The van der Waals surface area contributed by atoms with Crippen molar-refractivity contribution in [3.63, 3.8) is 0 Å². The minimum atomic E-state index is -3.45. The lowest BCUT2D eigenvalue weighted by molar-refractivity contribution is -0.385. The average molecular weight is 335 g/mol. The molecule has 0 spiro atoms. The molecule has 0 saturated carbocycles. The lowest BCUT2D eigenvalue weighted by Crippen LogP contribution is -2.08. The smallest absolute Gasteiger partial charge is 0.269 e. The van der Waals surface area contributed by atoms with E-state index in [1.807, 2.05) is 0 Å². The number of non-ortho nitro benzene ring substituents is 1. The van der Waals surface area contributed by atoms with Crippen molar-refractivity contribution in [2.75, 3.05) is 12.9 Å². The average Bonchev–Trinajstić information content (AvgIpc) is 2.55. The Kier molecular flexibility index (Phi) is 5.00. The maximum absolute atomic E-state index is 12.2. The van der Waals surface area contributed by atoms with E-state index in [0.29, 0.717) is 17.7 Å². The molecule has 0 radical (unpaired) electrons. The SMILES string of the molecule is CCS(=O)(=O)c1ccc([N+](=O)[O-])cc1Cc1ccc(OC)cc1. The minimum absolute atomic E-state index is 0.0551. The van der Waals surface area contributed by atoms with E-state index in [2.05, 4.69) is 0 Å². The molecule has 0 bridgehead atoms. The van der Waals surface area contributed by atoms with Crippen LogP contribution in [0.4, 0.5) is 5.69 Å². The van der Waals surface area contributed by atoms with Gasteiger partial charge < -0.3 is 4.74 Å². The first-order valence-corrected chi connectivity index (χ1v) is 8.65. The molecule has 2 aromatic carbocycles. The predicted octanol–water partition coefficient (Wildman–Crippen LogP) is 2.99. The number of rotatable bonds is 6. The zero-order valence-electron chi connectivity index (χ0n) is 12.9. The molecule has 122 valence electrons. The molecule has 7 heteroatoms. The van der Waals surface area contributed by atoms with E-state index in [0.717, 1.165) is 5.56 Å². The van der Waals surface area contributed by atoms with Crippen LogP contribution in [-0.4, -0.2) is 26.2 Å². The van der Waals surface area contributed by atoms with Crippen molar-refractivity contribution in [1.82, 2.24) is 0 Å². The van der Waals surface area contributed by atoms with Gasteiger partial charge in [0.25, 0.3) is 5.69 Å². The zero-order valence-corrected chi connectivity index (χ0v) is 13.7. The van der Waals surface area contributed by atoms with Crippen LogP contribution in [-0.2, 0) is 16.3 Å². The highest BCUT2D eigenvalue weighted by molar-refractivity contribution is 7.91. The van der Waals surface area contributed by atoms with Gasteiger partial charge in [0.1, 0.15) is 5.75 Å². The first-order valence-electron chi connectivity index (χ1n) is 7.00. The van der Waals surface area contributed by atoms with Crippen LogP contribution in [0.3, 0.4) is 0 Å². The third-order valence-electron chi connectivity index (χ3n) is 3.52. The van der Waals surface area contributed by atoms with Gasteiger partial charge in [0.2, 0.25) is 0 Å². The highest BCUT2D eigenvalue weighted by Crippen LogP contribution is 2.26. The summed E-state index contributed by atoms with van der Waals surface area (Å²) in [7, 11) is -1.89. The van der Waals surface area contributed by atoms with Gasteiger partial charge in [-0.3, -0.25) is 10.1 Å². The second kappa shape index (κ2) is 6.78. The Hall–Kier alpha value is -2.41. The van der Waals surface area contributed by atoms with Crippen LogP contribution < -0.4 is 4.74 Å². The van der Waals surface area contributed by atoms with E-state index in [-0.39, 0.29) is 16.3 Å².